The van der Waals surface area contributed by atoms with Gasteiger partial charge >= 0.3 is 0 Å². The van der Waals surface area contributed by atoms with Crippen LogP contribution in [-0.4, -0.2) is 0 Å². The minimum absolute atomic E-state index is 0.0993. The van der Waals surface area contributed by atoms with Crippen molar-refractivity contribution in [1.29, 1.82) is 0 Å². The monoisotopic (exact) mass is 482 g/mol. The van der Waals surface area contributed by atoms with Crippen LogP contribution in [0.3, 0.4) is 0 Å². The molecule has 0 spiro atoms. The fraction of sp³-hybridized carbons (Fsp3) is 0.0303. The van der Waals surface area contributed by atoms with Crippen LogP contribution in [0.5, 0.6) is 23.0 Å². The number of thiol groups is 1. The van der Waals surface area contributed by atoms with Crippen molar-refractivity contribution in [3.8, 4) is 23.0 Å². The van der Waals surface area contributed by atoms with Crippen molar-refractivity contribution < 1.29 is 9.47 Å². The third-order valence-electron chi connectivity index (χ3n) is 6.96. The Morgan fingerprint density at radius 3 is 1.53 bits per heavy atom. The lowest BCUT2D eigenvalue weighted by atomic mass is 9.82. The zero-order valence-electron chi connectivity index (χ0n) is 19.4. The Labute approximate surface area is 215 Å². The van der Waals surface area contributed by atoms with E-state index in [1.54, 1.807) is 0 Å². The lowest BCUT2D eigenvalue weighted by Crippen LogP contribution is -2.09. The molecule has 2 nitrogen and oxygen atoms in total. The van der Waals surface area contributed by atoms with Crippen LogP contribution < -0.4 is 9.47 Å². The highest BCUT2D eigenvalue weighted by Gasteiger charge is 2.28. The van der Waals surface area contributed by atoms with E-state index in [0.717, 1.165) is 44.2 Å². The van der Waals surface area contributed by atoms with Crippen molar-refractivity contribution >= 4 is 34.2 Å². The Morgan fingerprint density at radius 1 is 0.472 bits per heavy atom. The molecular weight excluding hydrogens is 460 g/mol. The first-order valence-electron chi connectivity index (χ1n) is 12.0. The van der Waals surface area contributed by atoms with E-state index in [-0.39, 0.29) is 5.92 Å². The highest BCUT2D eigenvalue weighted by molar-refractivity contribution is 7.80. The summed E-state index contributed by atoms with van der Waals surface area (Å²) < 4.78 is 13.4. The Bertz CT molecular complexity index is 1650. The van der Waals surface area contributed by atoms with Gasteiger partial charge in [0, 0.05) is 27.8 Å². The molecule has 6 aromatic carbocycles. The fourth-order valence-electron chi connectivity index (χ4n) is 5.26. The van der Waals surface area contributed by atoms with Crippen molar-refractivity contribution in [3.63, 3.8) is 0 Å². The molecule has 36 heavy (non-hydrogen) atoms. The average molecular weight is 483 g/mol. The number of ether oxygens (including phenoxy) is 2. The van der Waals surface area contributed by atoms with Crippen LogP contribution in [0.4, 0.5) is 0 Å². The predicted molar refractivity (Wildman–Crippen MR) is 149 cm³/mol. The van der Waals surface area contributed by atoms with E-state index in [1.807, 2.05) is 18.2 Å². The number of rotatable bonds is 1. The minimum Gasteiger partial charge on any atom is -0.455 e. The van der Waals surface area contributed by atoms with Gasteiger partial charge in [-0.25, -0.2) is 0 Å². The van der Waals surface area contributed by atoms with E-state index in [1.165, 1.54) is 5.56 Å². The third kappa shape index (κ3) is 3.35. The molecule has 0 unspecified atom stereocenters. The summed E-state index contributed by atoms with van der Waals surface area (Å²) in [6, 6.07) is 41.9. The van der Waals surface area contributed by atoms with Crippen LogP contribution in [0.1, 0.15) is 22.6 Å². The molecule has 1 heterocycles. The van der Waals surface area contributed by atoms with E-state index in [2.05, 4.69) is 103 Å². The molecule has 0 atom stereocenters. The molecule has 0 saturated carbocycles. The maximum atomic E-state index is 6.72. The van der Waals surface area contributed by atoms with Gasteiger partial charge in [0.25, 0.3) is 0 Å². The summed E-state index contributed by atoms with van der Waals surface area (Å²) in [4.78, 5) is 0.674. The third-order valence-corrected chi connectivity index (χ3v) is 7.40. The summed E-state index contributed by atoms with van der Waals surface area (Å²) in [6.45, 7) is 0. The van der Waals surface area contributed by atoms with Crippen molar-refractivity contribution in [2.24, 2.45) is 0 Å². The van der Waals surface area contributed by atoms with Gasteiger partial charge in [-0.1, -0.05) is 109 Å². The van der Waals surface area contributed by atoms with E-state index in [4.69, 9.17) is 22.1 Å². The van der Waals surface area contributed by atoms with Crippen molar-refractivity contribution in [3.05, 3.63) is 138 Å². The molecule has 3 heteroatoms. The van der Waals surface area contributed by atoms with E-state index in [0.29, 0.717) is 16.4 Å². The van der Waals surface area contributed by atoms with Crippen LogP contribution in [-0.2, 0) is 0 Å². The zero-order valence-corrected chi connectivity index (χ0v) is 20.3. The quantitative estimate of drug-likeness (QED) is 0.235. The molecule has 1 aliphatic heterocycles. The molecule has 0 N–H and O–H groups in total. The SMILES string of the molecule is Sc1c2cccc1Oc1c(ccc3ccccc13)C(c1ccccc1)c1ccc3ccccc3c1O2. The lowest BCUT2D eigenvalue weighted by Gasteiger charge is -2.27. The van der Waals surface area contributed by atoms with Crippen LogP contribution in [0.25, 0.3) is 21.5 Å². The Kier molecular flexibility index (Phi) is 4.97. The van der Waals surface area contributed by atoms with Crippen LogP contribution in [0.15, 0.2) is 126 Å². The molecule has 172 valence electrons. The predicted octanol–water partition coefficient (Wildman–Crippen LogP) is 9.36. The number of hydrogen-bond acceptors (Lipinski definition) is 3. The van der Waals surface area contributed by atoms with Gasteiger partial charge in [-0.05, 0) is 28.5 Å². The maximum Gasteiger partial charge on any atom is 0.144 e. The molecule has 0 aromatic heterocycles. The molecular formula is C33H22O2S. The highest BCUT2D eigenvalue weighted by atomic mass is 32.1. The first-order valence-corrected chi connectivity index (χ1v) is 12.5. The summed E-state index contributed by atoms with van der Waals surface area (Å²) in [5.41, 5.74) is 3.34. The standard InChI is InChI=1S/C33H22O2S/c36-33-28-15-8-16-29(33)35-32-25-14-7-5-10-22(25)18-20-27(32)30(23-11-2-1-3-12-23)26-19-17-21-9-4-6-13-24(21)31(26)34-28/h1-20,30,36H. The van der Waals surface area contributed by atoms with Crippen LogP contribution >= 0.6 is 12.6 Å². The van der Waals surface area contributed by atoms with Gasteiger partial charge in [0.15, 0.2) is 0 Å². The average Bonchev–Trinajstić information content (AvgIpc) is 2.93. The van der Waals surface area contributed by atoms with Gasteiger partial charge < -0.3 is 9.47 Å². The zero-order chi connectivity index (χ0) is 24.1. The molecule has 1 aliphatic rings. The second-order valence-corrected chi connectivity index (χ2v) is 9.51. The van der Waals surface area contributed by atoms with Crippen molar-refractivity contribution in [2.45, 2.75) is 10.8 Å². The minimum atomic E-state index is -0.0993. The molecule has 0 radical (unpaired) electrons. The van der Waals surface area contributed by atoms with Gasteiger partial charge in [0.05, 0.1) is 4.90 Å². The van der Waals surface area contributed by atoms with Gasteiger partial charge in [-0.2, -0.15) is 0 Å². The molecule has 0 saturated heterocycles. The van der Waals surface area contributed by atoms with Gasteiger partial charge in [-0.15, -0.1) is 12.6 Å². The number of hydrogen-bond donors (Lipinski definition) is 1. The summed E-state index contributed by atoms with van der Waals surface area (Å²) in [6.07, 6.45) is 0. The molecule has 6 aromatic rings. The summed E-state index contributed by atoms with van der Waals surface area (Å²) in [5.74, 6) is 2.93. The first-order chi connectivity index (χ1) is 17.8. The van der Waals surface area contributed by atoms with Crippen LogP contribution in [0.2, 0.25) is 0 Å². The highest BCUT2D eigenvalue weighted by Crippen LogP contribution is 2.50. The lowest BCUT2D eigenvalue weighted by molar-refractivity contribution is 0.432. The second kappa shape index (κ2) is 8.47. The van der Waals surface area contributed by atoms with E-state index < -0.39 is 0 Å². The molecule has 0 fully saturated rings. The summed E-state index contributed by atoms with van der Waals surface area (Å²) in [5, 5.41) is 4.40. The van der Waals surface area contributed by atoms with Crippen molar-refractivity contribution in [1.82, 2.24) is 0 Å². The van der Waals surface area contributed by atoms with E-state index in [9.17, 15) is 0 Å². The van der Waals surface area contributed by atoms with E-state index >= 15 is 0 Å². The molecule has 2 bridgehead atoms. The largest absolute Gasteiger partial charge is 0.455 e. The summed E-state index contributed by atoms with van der Waals surface area (Å²) >= 11 is 4.86. The number of benzene rings is 6. The molecule has 0 amide bonds. The second-order valence-electron chi connectivity index (χ2n) is 9.06. The topological polar surface area (TPSA) is 18.5 Å². The fourth-order valence-corrected chi connectivity index (χ4v) is 5.50. The molecule has 0 aliphatic carbocycles. The Hall–Kier alpha value is -4.21. The Balaban J connectivity index is 1.65. The van der Waals surface area contributed by atoms with Crippen molar-refractivity contribution in [2.75, 3.05) is 0 Å². The first kappa shape index (κ1) is 21.1. The normalized spacial score (nSPS) is 12.9. The maximum absolute atomic E-state index is 6.72. The molecule has 7 rings (SSSR count). The smallest absolute Gasteiger partial charge is 0.144 e. The van der Waals surface area contributed by atoms with Gasteiger partial charge in [0.1, 0.15) is 23.0 Å². The number of fused-ring (bicyclic) bond motifs is 8. The van der Waals surface area contributed by atoms with Crippen LogP contribution in [0, 0.1) is 0 Å². The Morgan fingerprint density at radius 2 is 0.972 bits per heavy atom. The van der Waals surface area contributed by atoms with Gasteiger partial charge in [-0.3, -0.25) is 0 Å². The van der Waals surface area contributed by atoms with Gasteiger partial charge in [0.2, 0.25) is 0 Å². The summed E-state index contributed by atoms with van der Waals surface area (Å²) in [7, 11) is 0.